The van der Waals surface area contributed by atoms with Gasteiger partial charge in [0.15, 0.2) is 5.82 Å². The van der Waals surface area contributed by atoms with Gasteiger partial charge in [0.1, 0.15) is 6.10 Å². The molecule has 1 aliphatic rings. The van der Waals surface area contributed by atoms with Gasteiger partial charge in [-0.25, -0.2) is 0 Å². The number of hydrogen-bond acceptors (Lipinski definition) is 5. The Bertz CT molecular complexity index is 255. The van der Waals surface area contributed by atoms with Crippen molar-refractivity contribution in [1.29, 1.82) is 0 Å². The zero-order chi connectivity index (χ0) is 8.39. The average Bonchev–Trinajstić information content (AvgIpc) is 2.75. The van der Waals surface area contributed by atoms with Gasteiger partial charge in [-0.05, 0) is 12.8 Å². The van der Waals surface area contributed by atoms with E-state index in [9.17, 15) is 0 Å². The molecule has 0 saturated carbocycles. The first-order valence-electron chi connectivity index (χ1n) is 4.04. The molecule has 1 aliphatic heterocycles. The first-order valence-corrected chi connectivity index (χ1v) is 4.04. The average molecular weight is 169 g/mol. The van der Waals surface area contributed by atoms with E-state index in [1.807, 2.05) is 0 Å². The second kappa shape index (κ2) is 3.20. The number of rotatable bonds is 2. The third kappa shape index (κ3) is 1.33. The fraction of sp³-hybridized carbons (Fsp3) is 0.714. The highest BCUT2D eigenvalue weighted by molar-refractivity contribution is 4.91. The van der Waals surface area contributed by atoms with Crippen LogP contribution in [0.3, 0.4) is 0 Å². The van der Waals surface area contributed by atoms with Gasteiger partial charge in [0.05, 0.1) is 6.54 Å². The molecule has 12 heavy (non-hydrogen) atoms. The minimum absolute atomic E-state index is 0.00204. The molecule has 0 amide bonds. The Hall–Kier alpha value is -0.940. The Balaban J connectivity index is 2.11. The lowest BCUT2D eigenvalue weighted by molar-refractivity contribution is 0.0835. The van der Waals surface area contributed by atoms with Gasteiger partial charge in [-0.2, -0.15) is 4.98 Å². The van der Waals surface area contributed by atoms with E-state index < -0.39 is 0 Å². The van der Waals surface area contributed by atoms with Crippen LogP contribution in [-0.4, -0.2) is 16.7 Å². The number of hydrogen-bond donors (Lipinski definition) is 1. The summed E-state index contributed by atoms with van der Waals surface area (Å²) in [4.78, 5) is 4.08. The third-order valence-corrected chi connectivity index (χ3v) is 1.87. The molecule has 0 radical (unpaired) electrons. The van der Waals surface area contributed by atoms with E-state index in [2.05, 4.69) is 10.1 Å². The molecule has 0 aliphatic carbocycles. The molecule has 1 atom stereocenters. The maximum atomic E-state index is 5.36. The van der Waals surface area contributed by atoms with Crippen molar-refractivity contribution in [1.82, 2.24) is 10.1 Å². The second-order valence-electron chi connectivity index (χ2n) is 2.75. The van der Waals surface area contributed by atoms with Crippen molar-refractivity contribution >= 4 is 0 Å². The van der Waals surface area contributed by atoms with Gasteiger partial charge in [-0.15, -0.1) is 0 Å². The van der Waals surface area contributed by atoms with Crippen molar-refractivity contribution in [2.75, 3.05) is 6.61 Å². The summed E-state index contributed by atoms with van der Waals surface area (Å²) in [5.74, 6) is 1.11. The lowest BCUT2D eigenvalue weighted by Crippen LogP contribution is -2.00. The number of aromatic nitrogens is 2. The molecule has 1 aromatic heterocycles. The summed E-state index contributed by atoms with van der Waals surface area (Å²) < 4.78 is 10.3. The molecule has 0 unspecified atom stereocenters. The standard InChI is InChI=1S/C7H11N3O2/c8-4-6-9-7(12-10-6)5-2-1-3-11-5/h5H,1-4,8H2/t5-/m0/s1. The topological polar surface area (TPSA) is 74.2 Å². The molecule has 66 valence electrons. The van der Waals surface area contributed by atoms with Gasteiger partial charge in [0, 0.05) is 6.61 Å². The van der Waals surface area contributed by atoms with Gasteiger partial charge < -0.3 is 15.0 Å². The molecule has 0 bridgehead atoms. The Morgan fingerprint density at radius 3 is 3.08 bits per heavy atom. The molecular weight excluding hydrogens is 158 g/mol. The van der Waals surface area contributed by atoms with Gasteiger partial charge >= 0.3 is 0 Å². The number of nitrogens with zero attached hydrogens (tertiary/aromatic N) is 2. The summed E-state index contributed by atoms with van der Waals surface area (Å²) >= 11 is 0. The summed E-state index contributed by atoms with van der Waals surface area (Å²) in [6, 6.07) is 0. The number of nitrogens with two attached hydrogens (primary N) is 1. The minimum Gasteiger partial charge on any atom is -0.368 e. The fourth-order valence-corrected chi connectivity index (χ4v) is 1.25. The highest BCUT2D eigenvalue weighted by Gasteiger charge is 2.23. The summed E-state index contributed by atoms with van der Waals surface area (Å²) in [5, 5.41) is 3.69. The summed E-state index contributed by atoms with van der Waals surface area (Å²) in [6.07, 6.45) is 2.02. The van der Waals surface area contributed by atoms with Crippen molar-refractivity contribution in [3.05, 3.63) is 11.7 Å². The highest BCUT2D eigenvalue weighted by atomic mass is 16.5. The van der Waals surface area contributed by atoms with Crippen LogP contribution >= 0.6 is 0 Å². The lowest BCUT2D eigenvalue weighted by atomic mass is 10.2. The number of ether oxygens (including phenoxy) is 1. The van der Waals surface area contributed by atoms with Crippen LogP contribution in [0, 0.1) is 0 Å². The highest BCUT2D eigenvalue weighted by Crippen LogP contribution is 2.26. The van der Waals surface area contributed by atoms with Crippen LogP contribution in [0.2, 0.25) is 0 Å². The Morgan fingerprint density at radius 1 is 1.58 bits per heavy atom. The van der Waals surface area contributed by atoms with E-state index in [-0.39, 0.29) is 6.10 Å². The van der Waals surface area contributed by atoms with Gasteiger partial charge in [0.25, 0.3) is 5.89 Å². The zero-order valence-corrected chi connectivity index (χ0v) is 6.69. The SMILES string of the molecule is NCc1noc([C@@H]2CCCO2)n1. The summed E-state index contributed by atoms with van der Waals surface area (Å²) in [5.41, 5.74) is 5.34. The molecule has 2 rings (SSSR count). The fourth-order valence-electron chi connectivity index (χ4n) is 1.25. The molecule has 2 N–H and O–H groups in total. The van der Waals surface area contributed by atoms with Crippen molar-refractivity contribution in [2.45, 2.75) is 25.5 Å². The molecule has 5 heteroatoms. The minimum atomic E-state index is -0.00204. The van der Waals surface area contributed by atoms with Crippen molar-refractivity contribution < 1.29 is 9.26 Å². The molecule has 1 fully saturated rings. The van der Waals surface area contributed by atoms with Crippen LogP contribution < -0.4 is 5.73 Å². The Morgan fingerprint density at radius 2 is 2.50 bits per heavy atom. The van der Waals surface area contributed by atoms with E-state index in [1.165, 1.54) is 0 Å². The smallest absolute Gasteiger partial charge is 0.255 e. The van der Waals surface area contributed by atoms with E-state index in [0.717, 1.165) is 19.4 Å². The first-order chi connectivity index (χ1) is 5.90. The van der Waals surface area contributed by atoms with Crippen molar-refractivity contribution in [2.24, 2.45) is 5.73 Å². The molecule has 1 aromatic rings. The maximum Gasteiger partial charge on any atom is 0.255 e. The quantitative estimate of drug-likeness (QED) is 0.692. The van der Waals surface area contributed by atoms with Crippen LogP contribution in [0.15, 0.2) is 4.52 Å². The predicted octanol–water partition coefficient (Wildman–Crippen LogP) is 0.380. The van der Waals surface area contributed by atoms with E-state index in [1.54, 1.807) is 0 Å². The molecular formula is C7H11N3O2. The normalized spacial score (nSPS) is 23.2. The second-order valence-corrected chi connectivity index (χ2v) is 2.75. The van der Waals surface area contributed by atoms with Crippen LogP contribution in [0.4, 0.5) is 0 Å². The molecule has 0 aromatic carbocycles. The molecule has 5 nitrogen and oxygen atoms in total. The van der Waals surface area contributed by atoms with Crippen LogP contribution in [0.25, 0.3) is 0 Å². The molecule has 0 spiro atoms. The summed E-state index contributed by atoms with van der Waals surface area (Å²) in [7, 11) is 0. The third-order valence-electron chi connectivity index (χ3n) is 1.87. The predicted molar refractivity (Wildman–Crippen MR) is 40.1 cm³/mol. The van der Waals surface area contributed by atoms with Gasteiger partial charge in [-0.1, -0.05) is 5.16 Å². The largest absolute Gasteiger partial charge is 0.368 e. The molecule has 2 heterocycles. The van der Waals surface area contributed by atoms with Crippen LogP contribution in [0.5, 0.6) is 0 Å². The maximum absolute atomic E-state index is 5.36. The first kappa shape index (κ1) is 7.70. The van der Waals surface area contributed by atoms with E-state index in [4.69, 9.17) is 15.0 Å². The van der Waals surface area contributed by atoms with Crippen molar-refractivity contribution in [3.63, 3.8) is 0 Å². The van der Waals surface area contributed by atoms with Gasteiger partial charge in [0.2, 0.25) is 0 Å². The van der Waals surface area contributed by atoms with E-state index >= 15 is 0 Å². The Labute approximate surface area is 69.9 Å². The van der Waals surface area contributed by atoms with Crippen LogP contribution in [0.1, 0.15) is 30.7 Å². The van der Waals surface area contributed by atoms with Crippen molar-refractivity contribution in [3.8, 4) is 0 Å². The summed E-state index contributed by atoms with van der Waals surface area (Å²) in [6.45, 7) is 1.10. The Kier molecular flexibility index (Phi) is 2.05. The van der Waals surface area contributed by atoms with E-state index in [0.29, 0.717) is 18.3 Å². The monoisotopic (exact) mass is 169 g/mol. The lowest BCUT2D eigenvalue weighted by Gasteiger charge is -2.00. The van der Waals surface area contributed by atoms with Gasteiger partial charge in [-0.3, -0.25) is 0 Å². The van der Waals surface area contributed by atoms with Crippen LogP contribution in [-0.2, 0) is 11.3 Å². The molecule has 1 saturated heterocycles. The zero-order valence-electron chi connectivity index (χ0n) is 6.69.